The number of benzene rings is 1. The third-order valence-electron chi connectivity index (χ3n) is 5.96. The van der Waals surface area contributed by atoms with E-state index in [0.29, 0.717) is 48.3 Å². The molecule has 1 aromatic carbocycles. The van der Waals surface area contributed by atoms with Gasteiger partial charge in [-0.2, -0.15) is 0 Å². The average Bonchev–Trinajstić information content (AvgIpc) is 2.82. The molecule has 8 nitrogen and oxygen atoms in total. The van der Waals surface area contributed by atoms with Crippen molar-refractivity contribution in [1.29, 1.82) is 0 Å². The molecule has 3 heterocycles. The molecule has 172 valence electrons. The van der Waals surface area contributed by atoms with Crippen LogP contribution in [0.4, 0.5) is 10.2 Å². The molecule has 3 N–H and O–H groups in total. The first-order valence-corrected chi connectivity index (χ1v) is 10.8. The summed E-state index contributed by atoms with van der Waals surface area (Å²) in [5, 5.41) is 2.59. The average molecular weight is 452 g/mol. The number of carbonyl (C=O) groups excluding carboxylic acids is 3. The molecule has 2 aliphatic rings. The van der Waals surface area contributed by atoms with Gasteiger partial charge in [-0.05, 0) is 72.7 Å². The second kappa shape index (κ2) is 9.81. The fraction of sp³-hybridized carbons (Fsp3) is 0.333. The van der Waals surface area contributed by atoms with Crippen LogP contribution < -0.4 is 15.8 Å². The lowest BCUT2D eigenvalue weighted by molar-refractivity contribution is -0.131. The molecule has 0 saturated carbocycles. The summed E-state index contributed by atoms with van der Waals surface area (Å²) in [5.41, 5.74) is 6.69. The van der Waals surface area contributed by atoms with E-state index in [1.165, 1.54) is 18.2 Å². The van der Waals surface area contributed by atoms with E-state index in [-0.39, 0.29) is 18.1 Å². The summed E-state index contributed by atoms with van der Waals surface area (Å²) in [6.07, 6.45) is 6.59. The van der Waals surface area contributed by atoms with Crippen molar-refractivity contribution in [3.05, 3.63) is 59.5 Å². The van der Waals surface area contributed by atoms with Gasteiger partial charge in [0.25, 0.3) is 0 Å². The van der Waals surface area contributed by atoms with E-state index in [4.69, 9.17) is 10.5 Å². The van der Waals surface area contributed by atoms with Gasteiger partial charge in [-0.3, -0.25) is 14.4 Å². The number of hydrogen-bond acceptors (Lipinski definition) is 5. The summed E-state index contributed by atoms with van der Waals surface area (Å²) >= 11 is 0. The van der Waals surface area contributed by atoms with E-state index in [2.05, 4.69) is 10.3 Å². The Morgan fingerprint density at radius 1 is 1.24 bits per heavy atom. The summed E-state index contributed by atoms with van der Waals surface area (Å²) in [6.45, 7) is 1.80. The van der Waals surface area contributed by atoms with Crippen molar-refractivity contribution in [3.8, 4) is 5.75 Å². The number of ether oxygens (including phenoxy) is 1. The number of nitrogens with zero attached hydrogens (tertiary/aromatic N) is 2. The van der Waals surface area contributed by atoms with E-state index in [0.717, 1.165) is 12.8 Å². The number of nitrogens with two attached hydrogens (primary N) is 1. The number of fused-ring (bicyclic) bond motifs is 1. The molecular formula is C24H25FN4O4. The summed E-state index contributed by atoms with van der Waals surface area (Å²) in [6, 6.07) is 7.74. The lowest BCUT2D eigenvalue weighted by Crippen LogP contribution is -2.39. The van der Waals surface area contributed by atoms with E-state index in [9.17, 15) is 18.8 Å². The van der Waals surface area contributed by atoms with E-state index < -0.39 is 17.7 Å². The lowest BCUT2D eigenvalue weighted by Gasteiger charge is -2.31. The van der Waals surface area contributed by atoms with Crippen LogP contribution in [-0.2, 0) is 20.8 Å². The molecule has 4 rings (SSSR count). The summed E-state index contributed by atoms with van der Waals surface area (Å²) in [7, 11) is 0. The van der Waals surface area contributed by atoms with Gasteiger partial charge in [-0.25, -0.2) is 9.37 Å². The molecule has 1 atom stereocenters. The van der Waals surface area contributed by atoms with Crippen LogP contribution in [0.25, 0.3) is 6.08 Å². The van der Waals surface area contributed by atoms with Crippen molar-refractivity contribution in [2.45, 2.75) is 19.3 Å². The molecule has 9 heteroatoms. The SMILES string of the molecule is NC(=O)C1Cc2cc(C=CC(=O)N3CCC(COc4ccc(F)cc4)CC3)cnc2NC1=O. The van der Waals surface area contributed by atoms with E-state index in [1.807, 2.05) is 0 Å². The van der Waals surface area contributed by atoms with E-state index >= 15 is 0 Å². The predicted octanol–water partition coefficient (Wildman–Crippen LogP) is 2.15. The zero-order chi connectivity index (χ0) is 23.4. The number of aromatic nitrogens is 1. The number of likely N-dealkylation sites (tertiary alicyclic amines) is 1. The van der Waals surface area contributed by atoms with Gasteiger partial charge < -0.3 is 20.7 Å². The van der Waals surface area contributed by atoms with Gasteiger partial charge in [0, 0.05) is 25.4 Å². The Bertz CT molecular complexity index is 1080. The third-order valence-corrected chi connectivity index (χ3v) is 5.96. The maximum absolute atomic E-state index is 13.0. The highest BCUT2D eigenvalue weighted by molar-refractivity contribution is 6.07. The van der Waals surface area contributed by atoms with Crippen LogP contribution in [-0.4, -0.2) is 47.3 Å². The zero-order valence-corrected chi connectivity index (χ0v) is 18.0. The van der Waals surface area contributed by atoms with Gasteiger partial charge in [0.15, 0.2) is 0 Å². The highest BCUT2D eigenvalue weighted by Crippen LogP contribution is 2.25. The Kier molecular flexibility index (Phi) is 6.67. The Balaban J connectivity index is 1.28. The standard InChI is InChI=1S/C24H25FN4O4/c25-18-2-4-19(5-3-18)33-14-15-7-9-29(10-8-15)21(30)6-1-16-11-17-12-20(22(26)31)24(32)28-23(17)27-13-16/h1-6,11,13,15,20H,7-10,12,14H2,(H2,26,31)(H,27,28,32). The Hall–Kier alpha value is -3.75. The van der Waals surface area contributed by atoms with Crippen LogP contribution in [0.5, 0.6) is 5.75 Å². The van der Waals surface area contributed by atoms with Crippen LogP contribution in [0.15, 0.2) is 42.6 Å². The van der Waals surface area contributed by atoms with Crippen LogP contribution >= 0.6 is 0 Å². The Morgan fingerprint density at radius 2 is 1.97 bits per heavy atom. The number of hydrogen-bond donors (Lipinski definition) is 2. The molecule has 1 fully saturated rings. The van der Waals surface area contributed by atoms with Crippen LogP contribution in [0.2, 0.25) is 0 Å². The molecule has 3 amide bonds. The van der Waals surface area contributed by atoms with Gasteiger partial charge in [0.2, 0.25) is 17.7 Å². The largest absolute Gasteiger partial charge is 0.493 e. The Morgan fingerprint density at radius 3 is 2.67 bits per heavy atom. The minimum absolute atomic E-state index is 0.0889. The summed E-state index contributed by atoms with van der Waals surface area (Å²) in [5.74, 6) is -1.06. The molecule has 1 saturated heterocycles. The van der Waals surface area contributed by atoms with Crippen LogP contribution in [0.3, 0.4) is 0 Å². The van der Waals surface area contributed by atoms with Crippen molar-refractivity contribution < 1.29 is 23.5 Å². The number of nitrogens with one attached hydrogen (secondary N) is 1. The van der Waals surface area contributed by atoms with Crippen molar-refractivity contribution in [3.63, 3.8) is 0 Å². The highest BCUT2D eigenvalue weighted by Gasteiger charge is 2.31. The number of rotatable bonds is 6. The van der Waals surface area contributed by atoms with Crippen molar-refractivity contribution in [2.75, 3.05) is 25.0 Å². The normalized spacial score (nSPS) is 18.6. The van der Waals surface area contributed by atoms with Crippen molar-refractivity contribution in [1.82, 2.24) is 9.88 Å². The number of carbonyl (C=O) groups is 3. The molecule has 0 aliphatic carbocycles. The Labute approximate surface area is 190 Å². The third kappa shape index (κ3) is 5.54. The number of primary amides is 1. The minimum Gasteiger partial charge on any atom is -0.493 e. The molecule has 0 bridgehead atoms. The molecule has 33 heavy (non-hydrogen) atoms. The van der Waals surface area contributed by atoms with Gasteiger partial charge in [-0.1, -0.05) is 0 Å². The monoisotopic (exact) mass is 452 g/mol. The fourth-order valence-electron chi connectivity index (χ4n) is 3.97. The van der Waals surface area contributed by atoms with Gasteiger partial charge in [0.1, 0.15) is 23.3 Å². The van der Waals surface area contributed by atoms with Gasteiger partial charge >= 0.3 is 0 Å². The second-order valence-electron chi connectivity index (χ2n) is 8.29. The first-order chi connectivity index (χ1) is 15.9. The molecule has 0 spiro atoms. The first kappa shape index (κ1) is 22.4. The number of piperidine rings is 1. The topological polar surface area (TPSA) is 115 Å². The molecule has 2 aromatic rings. The number of amides is 3. The quantitative estimate of drug-likeness (QED) is 0.515. The zero-order valence-electron chi connectivity index (χ0n) is 18.0. The van der Waals surface area contributed by atoms with Crippen molar-refractivity contribution in [2.24, 2.45) is 17.6 Å². The van der Waals surface area contributed by atoms with Crippen LogP contribution in [0, 0.1) is 17.7 Å². The van der Waals surface area contributed by atoms with Crippen LogP contribution in [0.1, 0.15) is 24.0 Å². The van der Waals surface area contributed by atoms with Gasteiger partial charge in [0.05, 0.1) is 6.61 Å². The second-order valence-corrected chi connectivity index (χ2v) is 8.29. The molecule has 1 unspecified atom stereocenters. The number of halogens is 1. The van der Waals surface area contributed by atoms with Gasteiger partial charge in [-0.15, -0.1) is 0 Å². The number of pyridine rings is 1. The molecule has 1 aromatic heterocycles. The van der Waals surface area contributed by atoms with E-state index in [1.54, 1.807) is 35.4 Å². The summed E-state index contributed by atoms with van der Waals surface area (Å²) in [4.78, 5) is 41.9. The number of anilines is 1. The predicted molar refractivity (Wildman–Crippen MR) is 119 cm³/mol. The smallest absolute Gasteiger partial charge is 0.246 e. The molecular weight excluding hydrogens is 427 g/mol. The molecule has 0 radical (unpaired) electrons. The lowest BCUT2D eigenvalue weighted by atomic mass is 9.94. The fourth-order valence-corrected chi connectivity index (χ4v) is 3.97. The highest BCUT2D eigenvalue weighted by atomic mass is 19.1. The molecule has 2 aliphatic heterocycles. The maximum Gasteiger partial charge on any atom is 0.246 e. The first-order valence-electron chi connectivity index (χ1n) is 10.8. The summed E-state index contributed by atoms with van der Waals surface area (Å²) < 4.78 is 18.7. The maximum atomic E-state index is 13.0. The van der Waals surface area contributed by atoms with Crippen molar-refractivity contribution >= 4 is 29.6 Å². The minimum atomic E-state index is -0.923.